The largest absolute Gasteiger partial charge is 0.759 e. The highest BCUT2D eigenvalue weighted by atomic mass is 32.3. The van der Waals surface area contributed by atoms with Crippen LogP contribution in [0.4, 0.5) is 0 Å². The van der Waals surface area contributed by atoms with E-state index in [-0.39, 0.29) is 0 Å². The minimum Gasteiger partial charge on any atom is -0.759 e. The lowest BCUT2D eigenvalue weighted by atomic mass is 10.2. The summed E-state index contributed by atoms with van der Waals surface area (Å²) in [5, 5.41) is 0. The van der Waals surface area contributed by atoms with Crippen LogP contribution < -0.4 is 11.5 Å². The van der Waals surface area contributed by atoms with Crippen LogP contribution in [0, 0.1) is 0 Å². The van der Waals surface area contributed by atoms with Gasteiger partial charge in [0.05, 0.1) is 13.6 Å². The van der Waals surface area contributed by atoms with Crippen molar-refractivity contribution in [3.8, 4) is 0 Å². The summed E-state index contributed by atoms with van der Waals surface area (Å²) in [6.07, 6.45) is 0. The number of nitrogens with zero attached hydrogens (tertiary/aromatic N) is 1. The number of guanidine groups is 1. The van der Waals surface area contributed by atoms with E-state index in [1.54, 1.807) is 4.58 Å². The third-order valence-corrected chi connectivity index (χ3v) is 1.70. The summed E-state index contributed by atoms with van der Waals surface area (Å²) < 4.78 is 35.9. The van der Waals surface area contributed by atoms with Crippen LogP contribution in [-0.4, -0.2) is 35.1 Å². The van der Waals surface area contributed by atoms with Gasteiger partial charge >= 0.3 is 5.96 Å². The fourth-order valence-corrected chi connectivity index (χ4v) is 0.949. The molecular formula is C9H14N3O4S-. The highest BCUT2D eigenvalue weighted by Gasteiger charge is 1.97. The molecule has 0 aliphatic heterocycles. The van der Waals surface area contributed by atoms with Gasteiger partial charge in [0.2, 0.25) is 0 Å². The first kappa shape index (κ1) is 15.4. The molecule has 0 atom stereocenters. The minimum atomic E-state index is -5.17. The predicted molar refractivity (Wildman–Crippen MR) is 60.2 cm³/mol. The Morgan fingerprint density at radius 1 is 1.24 bits per heavy atom. The van der Waals surface area contributed by atoms with E-state index in [1.807, 2.05) is 37.4 Å². The van der Waals surface area contributed by atoms with Crippen LogP contribution in [-0.2, 0) is 16.9 Å². The summed E-state index contributed by atoms with van der Waals surface area (Å²) in [4.78, 5) is 0. The molecule has 0 bridgehead atoms. The Labute approximate surface area is 99.9 Å². The SMILES string of the molecule is C[N+](Cc1ccccc1)=C(N)N.O=S(=O)([O-])[O-]. The van der Waals surface area contributed by atoms with E-state index in [0.29, 0.717) is 5.96 Å². The van der Waals surface area contributed by atoms with Crippen molar-refractivity contribution in [2.75, 3.05) is 7.05 Å². The van der Waals surface area contributed by atoms with Gasteiger partial charge in [-0.15, -0.1) is 0 Å². The van der Waals surface area contributed by atoms with Gasteiger partial charge in [0.15, 0.2) is 0 Å². The Morgan fingerprint density at radius 2 is 1.65 bits per heavy atom. The topological polar surface area (TPSA) is 135 Å². The highest BCUT2D eigenvalue weighted by Crippen LogP contribution is 1.98. The summed E-state index contributed by atoms with van der Waals surface area (Å²) in [6, 6.07) is 10.1. The second-order valence-electron chi connectivity index (χ2n) is 3.17. The lowest BCUT2D eigenvalue weighted by molar-refractivity contribution is -0.515. The Hall–Kier alpha value is -1.64. The zero-order chi connectivity index (χ0) is 13.5. The van der Waals surface area contributed by atoms with Crippen molar-refractivity contribution < 1.29 is 22.1 Å². The maximum atomic E-state index is 8.52. The molecular weight excluding hydrogens is 246 g/mol. The third-order valence-electron chi connectivity index (χ3n) is 1.70. The van der Waals surface area contributed by atoms with E-state index in [9.17, 15) is 0 Å². The maximum Gasteiger partial charge on any atom is 0.341 e. The van der Waals surface area contributed by atoms with Crippen LogP contribution in [0.15, 0.2) is 30.3 Å². The van der Waals surface area contributed by atoms with Gasteiger partial charge in [0.1, 0.15) is 0 Å². The van der Waals surface area contributed by atoms with Crippen molar-refractivity contribution in [2.24, 2.45) is 11.5 Å². The zero-order valence-corrected chi connectivity index (χ0v) is 10.1. The van der Waals surface area contributed by atoms with E-state index in [0.717, 1.165) is 6.54 Å². The molecule has 1 aromatic carbocycles. The van der Waals surface area contributed by atoms with Gasteiger partial charge in [0, 0.05) is 10.4 Å². The quantitative estimate of drug-likeness (QED) is 0.224. The Balaban J connectivity index is 0.000000437. The molecule has 0 spiro atoms. The standard InChI is InChI=1S/C9H13N3.H2O4S/c1-12(9(10)11)7-8-5-3-2-4-6-8;1-5(2,3)4/h2-6H,7H2,1H3,(H3,10,11);(H2,1,2,3,4)/p-1. The van der Waals surface area contributed by atoms with Crippen LogP contribution >= 0.6 is 0 Å². The summed E-state index contributed by atoms with van der Waals surface area (Å²) in [5.41, 5.74) is 12.0. The van der Waals surface area contributed by atoms with Gasteiger partial charge in [-0.3, -0.25) is 24.5 Å². The smallest absolute Gasteiger partial charge is 0.341 e. The Kier molecular flexibility index (Phi) is 6.18. The number of hydrogen-bond acceptors (Lipinski definition) is 4. The van der Waals surface area contributed by atoms with Crippen LogP contribution in [0.2, 0.25) is 0 Å². The van der Waals surface area contributed by atoms with Crippen LogP contribution in [0.1, 0.15) is 5.56 Å². The van der Waals surface area contributed by atoms with E-state index in [4.69, 9.17) is 29.0 Å². The van der Waals surface area contributed by atoms with Crippen LogP contribution in [0.3, 0.4) is 0 Å². The lowest BCUT2D eigenvalue weighted by Gasteiger charge is -2.06. The van der Waals surface area contributed by atoms with E-state index in [2.05, 4.69) is 0 Å². The highest BCUT2D eigenvalue weighted by molar-refractivity contribution is 7.79. The van der Waals surface area contributed by atoms with Crippen molar-refractivity contribution in [1.82, 2.24) is 0 Å². The molecule has 0 aliphatic rings. The molecule has 4 N–H and O–H groups in total. The van der Waals surface area contributed by atoms with Gasteiger partial charge in [-0.25, -0.2) is 0 Å². The monoisotopic (exact) mass is 260 g/mol. The fourth-order valence-electron chi connectivity index (χ4n) is 0.949. The molecule has 0 radical (unpaired) electrons. The number of hydrogen-bond donors (Lipinski definition) is 2. The molecule has 96 valence electrons. The molecule has 7 nitrogen and oxygen atoms in total. The van der Waals surface area contributed by atoms with Crippen molar-refractivity contribution in [2.45, 2.75) is 6.54 Å². The number of rotatable bonds is 2. The number of benzene rings is 1. The molecule has 8 heteroatoms. The normalized spacial score (nSPS) is 10.1. The van der Waals surface area contributed by atoms with Gasteiger partial charge in [0.25, 0.3) is 0 Å². The molecule has 1 aromatic rings. The third kappa shape index (κ3) is 10.6. The second kappa shape index (κ2) is 6.84. The van der Waals surface area contributed by atoms with Gasteiger partial charge in [-0.2, -0.15) is 0 Å². The van der Waals surface area contributed by atoms with Crippen molar-refractivity contribution >= 4 is 16.4 Å². The summed E-state index contributed by atoms with van der Waals surface area (Å²) in [7, 11) is -3.30. The predicted octanol–water partition coefficient (Wildman–Crippen LogP) is -1.24. The first-order chi connectivity index (χ1) is 7.70. The molecule has 0 aromatic heterocycles. The molecule has 0 saturated carbocycles. The van der Waals surface area contributed by atoms with Crippen LogP contribution in [0.5, 0.6) is 0 Å². The first-order valence-electron chi connectivity index (χ1n) is 4.50. The van der Waals surface area contributed by atoms with Crippen molar-refractivity contribution in [3.05, 3.63) is 35.9 Å². The van der Waals surface area contributed by atoms with E-state index in [1.165, 1.54) is 5.56 Å². The van der Waals surface area contributed by atoms with Crippen molar-refractivity contribution in [3.63, 3.8) is 0 Å². The number of nitrogens with two attached hydrogens (primary N) is 2. The molecule has 17 heavy (non-hydrogen) atoms. The van der Waals surface area contributed by atoms with Gasteiger partial charge in [-0.05, 0) is 5.56 Å². The van der Waals surface area contributed by atoms with E-state index < -0.39 is 10.4 Å². The fraction of sp³-hybridized carbons (Fsp3) is 0.222. The Bertz CT molecular complexity index is 458. The van der Waals surface area contributed by atoms with Crippen molar-refractivity contribution in [1.29, 1.82) is 0 Å². The minimum absolute atomic E-state index is 0.346. The van der Waals surface area contributed by atoms with Crippen LogP contribution in [0.25, 0.3) is 0 Å². The second-order valence-corrected chi connectivity index (χ2v) is 3.99. The molecule has 0 amide bonds. The average molecular weight is 260 g/mol. The molecule has 0 unspecified atom stereocenters. The van der Waals surface area contributed by atoms with E-state index >= 15 is 0 Å². The summed E-state index contributed by atoms with van der Waals surface area (Å²) in [6.45, 7) is 0.753. The molecule has 1 rings (SSSR count). The first-order valence-corrected chi connectivity index (χ1v) is 5.83. The molecule has 0 fully saturated rings. The maximum absolute atomic E-state index is 8.52. The molecule has 0 heterocycles. The lowest BCUT2D eigenvalue weighted by Crippen LogP contribution is -2.33. The molecule has 0 saturated heterocycles. The average Bonchev–Trinajstić information content (AvgIpc) is 2.16. The molecule has 0 aliphatic carbocycles. The van der Waals surface area contributed by atoms with Gasteiger partial charge < -0.3 is 9.11 Å². The zero-order valence-electron chi connectivity index (χ0n) is 9.24. The summed E-state index contributed by atoms with van der Waals surface area (Å²) >= 11 is 0. The Morgan fingerprint density at radius 3 is 2.00 bits per heavy atom. The summed E-state index contributed by atoms with van der Waals surface area (Å²) in [5.74, 6) is 0.346. The van der Waals surface area contributed by atoms with Gasteiger partial charge in [-0.1, -0.05) is 30.3 Å².